The molecule has 0 spiro atoms. The van der Waals surface area contributed by atoms with Gasteiger partial charge in [-0.1, -0.05) is 26.0 Å². The van der Waals surface area contributed by atoms with Gasteiger partial charge in [-0.3, -0.25) is 4.79 Å². The Bertz CT molecular complexity index is 1030. The van der Waals surface area contributed by atoms with Gasteiger partial charge in [-0.2, -0.15) is 0 Å². The lowest BCUT2D eigenvalue weighted by Crippen LogP contribution is -2.18. The number of phenols is 1. The third-order valence-electron chi connectivity index (χ3n) is 4.99. The topological polar surface area (TPSA) is 54.3 Å². The lowest BCUT2D eigenvalue weighted by molar-refractivity contribution is 0.101. The number of nitrogens with one attached hydrogen (secondary N) is 1. The SMILES string of the molecule is C=CCn1c(C(=O)Nc2ccc(O)cc2C)c(C)c2cc(C(C)C)ccc21. The number of fused-ring (bicyclic) bond motifs is 1. The zero-order valence-electron chi connectivity index (χ0n) is 16.3. The number of carbonyl (C=O) groups excluding carboxylic acids is 1. The smallest absolute Gasteiger partial charge is 0.272 e. The highest BCUT2D eigenvalue weighted by atomic mass is 16.3. The Morgan fingerprint density at radius 2 is 1.96 bits per heavy atom. The van der Waals surface area contributed by atoms with Crippen LogP contribution in [0.15, 0.2) is 49.1 Å². The quantitative estimate of drug-likeness (QED) is 0.463. The Labute approximate surface area is 160 Å². The van der Waals surface area contributed by atoms with Crippen molar-refractivity contribution in [1.29, 1.82) is 0 Å². The molecule has 0 radical (unpaired) electrons. The van der Waals surface area contributed by atoms with E-state index in [9.17, 15) is 9.90 Å². The summed E-state index contributed by atoms with van der Waals surface area (Å²) in [6.07, 6.45) is 1.80. The van der Waals surface area contributed by atoms with Crippen LogP contribution < -0.4 is 5.32 Å². The van der Waals surface area contributed by atoms with Crippen LogP contribution in [0.3, 0.4) is 0 Å². The fourth-order valence-corrected chi connectivity index (χ4v) is 3.48. The summed E-state index contributed by atoms with van der Waals surface area (Å²) >= 11 is 0. The molecule has 0 saturated carbocycles. The lowest BCUT2D eigenvalue weighted by atomic mass is 10.0. The maximum absolute atomic E-state index is 13.1. The summed E-state index contributed by atoms with van der Waals surface area (Å²) in [6, 6.07) is 11.3. The number of rotatable bonds is 5. The molecule has 2 aromatic carbocycles. The lowest BCUT2D eigenvalue weighted by Gasteiger charge is -2.12. The van der Waals surface area contributed by atoms with Crippen molar-refractivity contribution in [3.8, 4) is 5.75 Å². The van der Waals surface area contributed by atoms with Crippen LogP contribution >= 0.6 is 0 Å². The molecule has 3 rings (SSSR count). The van der Waals surface area contributed by atoms with Crippen LogP contribution in [-0.4, -0.2) is 15.6 Å². The number of allylic oxidation sites excluding steroid dienone is 1. The number of phenolic OH excluding ortho intramolecular Hbond substituents is 1. The highest BCUT2D eigenvalue weighted by molar-refractivity contribution is 6.08. The van der Waals surface area contributed by atoms with Crippen LogP contribution in [-0.2, 0) is 6.54 Å². The molecular weight excluding hydrogens is 336 g/mol. The van der Waals surface area contributed by atoms with Crippen LogP contribution in [0.25, 0.3) is 10.9 Å². The Morgan fingerprint density at radius 1 is 1.22 bits per heavy atom. The number of benzene rings is 2. The average Bonchev–Trinajstić information content (AvgIpc) is 2.89. The molecule has 0 saturated heterocycles. The van der Waals surface area contributed by atoms with Crippen LogP contribution in [0.4, 0.5) is 5.69 Å². The molecule has 27 heavy (non-hydrogen) atoms. The molecule has 0 aliphatic rings. The number of amides is 1. The number of aromatic nitrogens is 1. The molecule has 4 heteroatoms. The fourth-order valence-electron chi connectivity index (χ4n) is 3.48. The highest BCUT2D eigenvalue weighted by Gasteiger charge is 2.21. The van der Waals surface area contributed by atoms with Crippen molar-refractivity contribution in [2.45, 2.75) is 40.2 Å². The normalized spacial score (nSPS) is 11.1. The summed E-state index contributed by atoms with van der Waals surface area (Å²) in [5.74, 6) is 0.447. The standard InChI is InChI=1S/C23H26N2O2/c1-6-11-25-21-10-7-17(14(2)3)13-19(21)16(5)22(25)23(27)24-20-9-8-18(26)12-15(20)4/h6-10,12-14,26H,1,11H2,2-5H3,(H,24,27). The van der Waals surface area contributed by atoms with Gasteiger partial charge in [0.05, 0.1) is 0 Å². The number of carbonyl (C=O) groups is 1. The minimum atomic E-state index is -0.162. The summed E-state index contributed by atoms with van der Waals surface area (Å²) in [7, 11) is 0. The van der Waals surface area contributed by atoms with Crippen LogP contribution in [0.2, 0.25) is 0 Å². The second kappa shape index (κ2) is 7.31. The second-order valence-corrected chi connectivity index (χ2v) is 7.26. The van der Waals surface area contributed by atoms with Gasteiger partial charge in [0, 0.05) is 23.1 Å². The molecule has 0 aliphatic carbocycles. The van der Waals surface area contributed by atoms with Crippen LogP contribution in [0.1, 0.15) is 46.9 Å². The minimum Gasteiger partial charge on any atom is -0.508 e. The maximum atomic E-state index is 13.1. The summed E-state index contributed by atoms with van der Waals surface area (Å²) in [5, 5.41) is 13.7. The molecule has 0 aliphatic heterocycles. The molecule has 0 fully saturated rings. The molecule has 1 amide bonds. The zero-order valence-corrected chi connectivity index (χ0v) is 16.3. The Morgan fingerprint density at radius 3 is 2.59 bits per heavy atom. The first-order valence-electron chi connectivity index (χ1n) is 9.18. The predicted octanol–water partition coefficient (Wildman–Crippen LogP) is 5.53. The number of aryl methyl sites for hydroxylation is 2. The van der Waals surface area contributed by atoms with E-state index in [0.717, 1.165) is 22.0 Å². The molecular formula is C23H26N2O2. The van der Waals surface area contributed by atoms with E-state index in [0.29, 0.717) is 23.8 Å². The van der Waals surface area contributed by atoms with Crippen molar-refractivity contribution in [2.24, 2.45) is 0 Å². The Balaban J connectivity index is 2.11. The third-order valence-corrected chi connectivity index (χ3v) is 4.99. The first kappa shape index (κ1) is 18.8. The molecule has 0 bridgehead atoms. The molecule has 3 aromatic rings. The van der Waals surface area contributed by atoms with Gasteiger partial charge in [0.25, 0.3) is 5.91 Å². The molecule has 1 heterocycles. The number of nitrogens with zero attached hydrogens (tertiary/aromatic N) is 1. The second-order valence-electron chi connectivity index (χ2n) is 7.26. The van der Waals surface area contributed by atoms with Crippen molar-refractivity contribution in [2.75, 3.05) is 5.32 Å². The largest absolute Gasteiger partial charge is 0.508 e. The van der Waals surface area contributed by atoms with Gasteiger partial charge in [-0.15, -0.1) is 6.58 Å². The van der Waals surface area contributed by atoms with Gasteiger partial charge in [-0.05, 0) is 66.8 Å². The molecule has 2 N–H and O–H groups in total. The Hall–Kier alpha value is -3.01. The van der Waals surface area contributed by atoms with Crippen molar-refractivity contribution >= 4 is 22.5 Å². The van der Waals surface area contributed by atoms with Crippen molar-refractivity contribution in [3.63, 3.8) is 0 Å². The molecule has 0 atom stereocenters. The van der Waals surface area contributed by atoms with E-state index in [1.807, 2.05) is 18.4 Å². The van der Waals surface area contributed by atoms with Crippen molar-refractivity contribution < 1.29 is 9.90 Å². The van der Waals surface area contributed by atoms with Crippen LogP contribution in [0.5, 0.6) is 5.75 Å². The van der Waals surface area contributed by atoms with Gasteiger partial charge in [0.15, 0.2) is 0 Å². The molecule has 4 nitrogen and oxygen atoms in total. The highest BCUT2D eigenvalue weighted by Crippen LogP contribution is 2.30. The van der Waals surface area contributed by atoms with Crippen molar-refractivity contribution in [3.05, 3.63) is 71.4 Å². The van der Waals surface area contributed by atoms with E-state index in [1.54, 1.807) is 24.3 Å². The maximum Gasteiger partial charge on any atom is 0.272 e. The van der Waals surface area contributed by atoms with E-state index in [-0.39, 0.29) is 11.7 Å². The Kier molecular flexibility index (Phi) is 5.08. The van der Waals surface area contributed by atoms with Gasteiger partial charge >= 0.3 is 0 Å². The fraction of sp³-hybridized carbons (Fsp3) is 0.261. The molecule has 0 unspecified atom stereocenters. The van der Waals surface area contributed by atoms with E-state index in [1.165, 1.54) is 5.56 Å². The molecule has 1 aromatic heterocycles. The third kappa shape index (κ3) is 3.47. The van der Waals surface area contributed by atoms with Gasteiger partial charge < -0.3 is 15.0 Å². The molecule has 140 valence electrons. The van der Waals surface area contributed by atoms with E-state index in [2.05, 4.69) is 43.9 Å². The van der Waals surface area contributed by atoms with Crippen LogP contribution in [0, 0.1) is 13.8 Å². The number of aromatic hydroxyl groups is 1. The summed E-state index contributed by atoms with van der Waals surface area (Å²) in [6.45, 7) is 12.6. The summed E-state index contributed by atoms with van der Waals surface area (Å²) in [5.41, 5.74) is 5.39. The van der Waals surface area contributed by atoms with Gasteiger partial charge in [0.1, 0.15) is 11.4 Å². The first-order chi connectivity index (χ1) is 12.8. The van der Waals surface area contributed by atoms with E-state index in [4.69, 9.17) is 0 Å². The zero-order chi connectivity index (χ0) is 19.7. The van der Waals surface area contributed by atoms with Crippen molar-refractivity contribution in [1.82, 2.24) is 4.57 Å². The van der Waals surface area contributed by atoms with E-state index < -0.39 is 0 Å². The number of hydrogen-bond acceptors (Lipinski definition) is 2. The first-order valence-corrected chi connectivity index (χ1v) is 9.18. The number of hydrogen-bond donors (Lipinski definition) is 2. The summed E-state index contributed by atoms with van der Waals surface area (Å²) < 4.78 is 2.01. The minimum absolute atomic E-state index is 0.162. The number of anilines is 1. The average molecular weight is 362 g/mol. The van der Waals surface area contributed by atoms with Gasteiger partial charge in [0.2, 0.25) is 0 Å². The van der Waals surface area contributed by atoms with Gasteiger partial charge in [-0.25, -0.2) is 0 Å². The summed E-state index contributed by atoms with van der Waals surface area (Å²) in [4.78, 5) is 13.1. The monoisotopic (exact) mass is 362 g/mol. The predicted molar refractivity (Wildman–Crippen MR) is 112 cm³/mol. The van der Waals surface area contributed by atoms with E-state index >= 15 is 0 Å².